The first kappa shape index (κ1) is 8.69. The van der Waals surface area contributed by atoms with Crippen molar-refractivity contribution in [1.82, 2.24) is 0 Å². The molecule has 9 heavy (non-hydrogen) atoms. The highest BCUT2D eigenvalue weighted by atomic mass is 35.5. The van der Waals surface area contributed by atoms with E-state index in [1.54, 1.807) is 6.92 Å². The summed E-state index contributed by atoms with van der Waals surface area (Å²) in [4.78, 5) is 10.3. The molecule has 0 spiro atoms. The van der Waals surface area contributed by atoms with Crippen molar-refractivity contribution in [2.45, 2.75) is 19.0 Å². The second kappa shape index (κ2) is 4.56. The van der Waals surface area contributed by atoms with E-state index in [1.165, 1.54) is 0 Å². The Hall–Kier alpha value is -0.310. The van der Waals surface area contributed by atoms with E-state index < -0.39 is 11.6 Å². The van der Waals surface area contributed by atoms with Crippen molar-refractivity contribution in [3.05, 3.63) is 0 Å². The third kappa shape index (κ3) is 5.56. The lowest BCUT2D eigenvalue weighted by Gasteiger charge is -1.99. The Bertz CT molecular complexity index is 95.0. The minimum Gasteiger partial charge on any atom is -0.466 e. The van der Waals surface area contributed by atoms with Gasteiger partial charge in [-0.1, -0.05) is 11.6 Å². The summed E-state index contributed by atoms with van der Waals surface area (Å²) in [5.74, 6) is -0.597. The summed E-state index contributed by atoms with van der Waals surface area (Å²) in [6.45, 7) is 1.92. The van der Waals surface area contributed by atoms with Gasteiger partial charge in [-0.25, -0.2) is 4.39 Å². The van der Waals surface area contributed by atoms with Crippen LogP contribution in [0.2, 0.25) is 0 Å². The smallest absolute Gasteiger partial charge is 0.310 e. The summed E-state index contributed by atoms with van der Waals surface area (Å²) in [5.41, 5.74) is -1.62. The fourth-order valence-corrected chi connectivity index (χ4v) is 0.472. The van der Waals surface area contributed by atoms with E-state index in [2.05, 4.69) is 4.74 Å². The lowest BCUT2D eigenvalue weighted by molar-refractivity contribution is -0.143. The quantitative estimate of drug-likeness (QED) is 0.455. The van der Waals surface area contributed by atoms with Crippen molar-refractivity contribution in [2.24, 2.45) is 0 Å². The zero-order chi connectivity index (χ0) is 7.28. The number of ether oxygens (including phenoxy) is 1. The predicted molar refractivity (Wildman–Crippen MR) is 32.0 cm³/mol. The average molecular weight is 155 g/mol. The molecule has 0 amide bonds. The fourth-order valence-electron chi connectivity index (χ4n) is 0.346. The molecular weight excluding hydrogens is 147 g/mol. The standard InChI is InChI=1S/C5H8ClFO2/c1-2-9-5(8)3-4(6)7/h4H,2-3H2,1H3. The van der Waals surface area contributed by atoms with Crippen molar-refractivity contribution < 1.29 is 13.9 Å². The number of rotatable bonds is 3. The van der Waals surface area contributed by atoms with Crippen LogP contribution in [0.15, 0.2) is 0 Å². The van der Waals surface area contributed by atoms with Crippen LogP contribution in [0.5, 0.6) is 0 Å². The summed E-state index contributed by atoms with van der Waals surface area (Å²) in [6, 6.07) is 0. The Morgan fingerprint density at radius 1 is 1.89 bits per heavy atom. The van der Waals surface area contributed by atoms with Gasteiger partial charge in [0, 0.05) is 0 Å². The second-order valence-corrected chi connectivity index (χ2v) is 1.87. The molecule has 0 rings (SSSR count). The average Bonchev–Trinajstić information content (AvgIpc) is 1.63. The topological polar surface area (TPSA) is 26.3 Å². The van der Waals surface area contributed by atoms with E-state index >= 15 is 0 Å². The molecule has 0 fully saturated rings. The van der Waals surface area contributed by atoms with Gasteiger partial charge in [-0.3, -0.25) is 4.79 Å². The molecule has 54 valence electrons. The molecule has 1 unspecified atom stereocenters. The Labute approximate surface area is 57.9 Å². The third-order valence-electron chi connectivity index (χ3n) is 0.626. The van der Waals surface area contributed by atoms with Gasteiger partial charge in [-0.15, -0.1) is 0 Å². The van der Waals surface area contributed by atoms with Crippen LogP contribution in [0.4, 0.5) is 4.39 Å². The van der Waals surface area contributed by atoms with Crippen molar-refractivity contribution in [2.75, 3.05) is 6.61 Å². The zero-order valence-electron chi connectivity index (χ0n) is 5.06. The molecule has 0 N–H and O–H groups in total. The molecule has 0 aliphatic rings. The molecule has 1 atom stereocenters. The number of hydrogen-bond acceptors (Lipinski definition) is 2. The minimum atomic E-state index is -1.62. The van der Waals surface area contributed by atoms with Crippen molar-refractivity contribution in [3.63, 3.8) is 0 Å². The Balaban J connectivity index is 3.27. The molecule has 0 aromatic rings. The van der Waals surface area contributed by atoms with Crippen LogP contribution < -0.4 is 0 Å². The zero-order valence-corrected chi connectivity index (χ0v) is 5.82. The third-order valence-corrected chi connectivity index (χ3v) is 0.781. The molecule has 0 saturated heterocycles. The van der Waals surface area contributed by atoms with Gasteiger partial charge < -0.3 is 4.74 Å². The van der Waals surface area contributed by atoms with Crippen LogP contribution in [0, 0.1) is 0 Å². The molecule has 0 saturated carbocycles. The highest BCUT2D eigenvalue weighted by Gasteiger charge is 2.08. The SMILES string of the molecule is CCOC(=O)CC(F)Cl. The van der Waals surface area contributed by atoms with Crippen LogP contribution in [-0.2, 0) is 9.53 Å². The second-order valence-electron chi connectivity index (χ2n) is 1.40. The lowest BCUT2D eigenvalue weighted by atomic mass is 10.5. The largest absolute Gasteiger partial charge is 0.466 e. The first-order chi connectivity index (χ1) is 4.16. The summed E-state index contributed by atoms with van der Waals surface area (Å²) in [6.07, 6.45) is -0.366. The number of halogens is 2. The lowest BCUT2D eigenvalue weighted by Crippen LogP contribution is -2.07. The van der Waals surface area contributed by atoms with Crippen LogP contribution in [0.1, 0.15) is 13.3 Å². The maximum Gasteiger partial charge on any atom is 0.310 e. The van der Waals surface area contributed by atoms with Crippen molar-refractivity contribution >= 4 is 17.6 Å². The van der Waals surface area contributed by atoms with Gasteiger partial charge in [0.05, 0.1) is 13.0 Å². The Kier molecular flexibility index (Phi) is 4.40. The molecule has 0 radical (unpaired) electrons. The van der Waals surface area contributed by atoms with Gasteiger partial charge in [0.25, 0.3) is 0 Å². The molecule has 0 aliphatic heterocycles. The summed E-state index contributed by atoms with van der Waals surface area (Å²) < 4.78 is 16.1. The highest BCUT2D eigenvalue weighted by Crippen LogP contribution is 2.03. The van der Waals surface area contributed by atoms with Crippen LogP contribution in [-0.4, -0.2) is 18.2 Å². The molecule has 0 aromatic heterocycles. The summed E-state index contributed by atoms with van der Waals surface area (Å²) in [5, 5.41) is 0. The van der Waals surface area contributed by atoms with Crippen LogP contribution >= 0.6 is 11.6 Å². The van der Waals surface area contributed by atoms with Crippen LogP contribution in [0.25, 0.3) is 0 Å². The van der Waals surface area contributed by atoms with Gasteiger partial charge in [0.1, 0.15) is 0 Å². The molecule has 0 aliphatic carbocycles. The molecule has 0 aromatic carbocycles. The molecule has 0 bridgehead atoms. The summed E-state index contributed by atoms with van der Waals surface area (Å²) in [7, 11) is 0. The molecule has 4 heteroatoms. The Morgan fingerprint density at radius 3 is 2.78 bits per heavy atom. The highest BCUT2D eigenvalue weighted by molar-refractivity contribution is 6.20. The van der Waals surface area contributed by atoms with Crippen LogP contribution in [0.3, 0.4) is 0 Å². The van der Waals surface area contributed by atoms with Crippen molar-refractivity contribution in [3.8, 4) is 0 Å². The Morgan fingerprint density at radius 2 is 2.44 bits per heavy atom. The predicted octanol–water partition coefficient (Wildman–Crippen LogP) is 1.47. The maximum atomic E-state index is 11.7. The molecular formula is C5H8ClFO2. The van der Waals surface area contributed by atoms with E-state index in [4.69, 9.17) is 11.6 Å². The normalized spacial score (nSPS) is 12.8. The van der Waals surface area contributed by atoms with Gasteiger partial charge in [0.15, 0.2) is 5.63 Å². The van der Waals surface area contributed by atoms with E-state index in [0.717, 1.165) is 0 Å². The fraction of sp³-hybridized carbons (Fsp3) is 0.800. The van der Waals surface area contributed by atoms with Gasteiger partial charge in [-0.05, 0) is 6.92 Å². The van der Waals surface area contributed by atoms with Gasteiger partial charge >= 0.3 is 5.97 Å². The first-order valence-electron chi connectivity index (χ1n) is 2.60. The van der Waals surface area contributed by atoms with E-state index in [9.17, 15) is 9.18 Å². The number of alkyl halides is 2. The number of carbonyl (C=O) groups excluding carboxylic acids is 1. The summed E-state index contributed by atoms with van der Waals surface area (Å²) >= 11 is 4.84. The van der Waals surface area contributed by atoms with Gasteiger partial charge in [0.2, 0.25) is 0 Å². The molecule has 0 heterocycles. The maximum absolute atomic E-state index is 11.7. The van der Waals surface area contributed by atoms with Crippen molar-refractivity contribution in [1.29, 1.82) is 0 Å². The van der Waals surface area contributed by atoms with E-state index in [1.807, 2.05) is 0 Å². The number of carbonyl (C=O) groups is 1. The van der Waals surface area contributed by atoms with E-state index in [0.29, 0.717) is 0 Å². The monoisotopic (exact) mass is 154 g/mol. The first-order valence-corrected chi connectivity index (χ1v) is 3.04. The number of esters is 1. The van der Waals surface area contributed by atoms with E-state index in [-0.39, 0.29) is 13.0 Å². The van der Waals surface area contributed by atoms with Gasteiger partial charge in [-0.2, -0.15) is 0 Å². The number of hydrogen-bond donors (Lipinski definition) is 0. The minimum absolute atomic E-state index is 0.266. The molecule has 2 nitrogen and oxygen atoms in total.